The summed E-state index contributed by atoms with van der Waals surface area (Å²) in [4.78, 5) is 14.9. The summed E-state index contributed by atoms with van der Waals surface area (Å²) in [5, 5.41) is 17.5. The standard InChI is InChI=1S/C35H52N4O2/c1-3-37-32(26-34(2,36)25-28-13-7-4-8-14-28)30-17-22-39(23-18-30)24-19-31(29-15-9-5-10-16-29)38-27-35(33(40)41)20-11-6-12-21-35/h4-5,7-10,13-16,26,30-31,37-38H,3,6,11-12,17-25,27,36H2,1-2H3,(H,40,41)/b32-26-/t31-,34?/m0/s1. The van der Waals surface area contributed by atoms with Crippen molar-refractivity contribution < 1.29 is 9.90 Å². The fourth-order valence-corrected chi connectivity index (χ4v) is 6.82. The van der Waals surface area contributed by atoms with Crippen molar-refractivity contribution >= 4 is 5.97 Å². The van der Waals surface area contributed by atoms with Crippen LogP contribution in [0.25, 0.3) is 0 Å². The maximum atomic E-state index is 12.3. The maximum Gasteiger partial charge on any atom is 0.310 e. The summed E-state index contributed by atoms with van der Waals surface area (Å²) in [6.45, 7) is 8.86. The third-order valence-electron chi connectivity index (χ3n) is 9.21. The minimum absolute atomic E-state index is 0.153. The van der Waals surface area contributed by atoms with E-state index in [-0.39, 0.29) is 6.04 Å². The molecule has 2 aromatic rings. The predicted octanol–water partition coefficient (Wildman–Crippen LogP) is 5.91. The van der Waals surface area contributed by atoms with Crippen LogP contribution in [0.1, 0.15) is 82.4 Å². The molecule has 0 aromatic heterocycles. The monoisotopic (exact) mass is 560 g/mol. The SMILES string of the molecule is CCN/C(=C\C(C)(N)Cc1ccccc1)C1CCN(CC[C@H](NCC2(C(=O)O)CCCCC2)c2ccccc2)CC1. The number of carboxylic acids is 1. The second-order valence-corrected chi connectivity index (χ2v) is 12.7. The normalized spacial score (nSPS) is 20.7. The molecule has 1 aliphatic heterocycles. The Morgan fingerprint density at radius 2 is 1.71 bits per heavy atom. The molecule has 5 N–H and O–H groups in total. The van der Waals surface area contributed by atoms with Crippen molar-refractivity contribution in [2.24, 2.45) is 17.1 Å². The van der Waals surface area contributed by atoms with Crippen LogP contribution in [0, 0.1) is 11.3 Å². The summed E-state index contributed by atoms with van der Waals surface area (Å²) in [7, 11) is 0. The van der Waals surface area contributed by atoms with Gasteiger partial charge in [0.15, 0.2) is 0 Å². The number of nitrogens with two attached hydrogens (primary N) is 1. The molecule has 2 atom stereocenters. The Morgan fingerprint density at radius 3 is 2.32 bits per heavy atom. The molecular weight excluding hydrogens is 508 g/mol. The fraction of sp³-hybridized carbons (Fsp3) is 0.571. The second kappa shape index (κ2) is 15.0. The summed E-state index contributed by atoms with van der Waals surface area (Å²) in [6, 6.07) is 21.2. The van der Waals surface area contributed by atoms with Gasteiger partial charge in [0.25, 0.3) is 0 Å². The Labute approximate surface area is 247 Å². The summed E-state index contributed by atoms with van der Waals surface area (Å²) in [5.74, 6) is -0.143. The van der Waals surface area contributed by atoms with Crippen LogP contribution in [0.5, 0.6) is 0 Å². The number of benzene rings is 2. The van der Waals surface area contributed by atoms with E-state index in [9.17, 15) is 9.90 Å². The molecular formula is C35H52N4O2. The Morgan fingerprint density at radius 1 is 1.07 bits per heavy atom. The van der Waals surface area contributed by atoms with Gasteiger partial charge in [0.2, 0.25) is 0 Å². The average molecular weight is 561 g/mol. The summed E-state index contributed by atoms with van der Waals surface area (Å²) >= 11 is 0. The number of nitrogens with zero attached hydrogens (tertiary/aromatic N) is 1. The predicted molar refractivity (Wildman–Crippen MR) is 169 cm³/mol. The van der Waals surface area contributed by atoms with Crippen LogP contribution >= 0.6 is 0 Å². The van der Waals surface area contributed by atoms with Gasteiger partial charge in [-0.1, -0.05) is 79.9 Å². The molecule has 1 unspecified atom stereocenters. The number of aliphatic carboxylic acids is 1. The molecule has 41 heavy (non-hydrogen) atoms. The smallest absolute Gasteiger partial charge is 0.310 e. The average Bonchev–Trinajstić information content (AvgIpc) is 2.98. The third-order valence-corrected chi connectivity index (χ3v) is 9.21. The minimum atomic E-state index is -0.638. The van der Waals surface area contributed by atoms with Gasteiger partial charge in [-0.15, -0.1) is 0 Å². The molecule has 2 aliphatic rings. The highest BCUT2D eigenvalue weighted by Crippen LogP contribution is 2.37. The summed E-state index contributed by atoms with van der Waals surface area (Å²) in [5.41, 5.74) is 9.56. The highest BCUT2D eigenvalue weighted by molar-refractivity contribution is 5.75. The van der Waals surface area contributed by atoms with E-state index < -0.39 is 16.9 Å². The van der Waals surface area contributed by atoms with E-state index >= 15 is 0 Å². The molecule has 0 spiro atoms. The quantitative estimate of drug-likeness (QED) is 0.230. The number of carbonyl (C=O) groups is 1. The molecule has 224 valence electrons. The van der Waals surface area contributed by atoms with Crippen molar-refractivity contribution in [3.63, 3.8) is 0 Å². The highest BCUT2D eigenvalue weighted by atomic mass is 16.4. The van der Waals surface area contributed by atoms with Crippen LogP contribution in [-0.2, 0) is 11.2 Å². The lowest BCUT2D eigenvalue weighted by atomic mass is 9.74. The number of rotatable bonds is 14. The van der Waals surface area contributed by atoms with Crippen LogP contribution < -0.4 is 16.4 Å². The minimum Gasteiger partial charge on any atom is -0.481 e. The van der Waals surface area contributed by atoms with Gasteiger partial charge in [0, 0.05) is 36.3 Å². The topological polar surface area (TPSA) is 90.6 Å². The van der Waals surface area contributed by atoms with Gasteiger partial charge in [0.1, 0.15) is 0 Å². The van der Waals surface area contributed by atoms with Gasteiger partial charge in [-0.25, -0.2) is 0 Å². The van der Waals surface area contributed by atoms with Crippen molar-refractivity contribution in [1.29, 1.82) is 0 Å². The van der Waals surface area contributed by atoms with Crippen LogP contribution in [0.3, 0.4) is 0 Å². The zero-order valence-electron chi connectivity index (χ0n) is 25.3. The first kappa shape index (κ1) is 31.3. The number of hydrogen-bond donors (Lipinski definition) is 4. The lowest BCUT2D eigenvalue weighted by molar-refractivity contribution is -0.150. The fourth-order valence-electron chi connectivity index (χ4n) is 6.82. The lowest BCUT2D eigenvalue weighted by Gasteiger charge is -2.37. The van der Waals surface area contributed by atoms with Crippen LogP contribution in [0.15, 0.2) is 72.4 Å². The third kappa shape index (κ3) is 9.16. The molecule has 1 saturated heterocycles. The molecule has 6 heteroatoms. The van der Waals surface area contributed by atoms with Gasteiger partial charge < -0.3 is 26.4 Å². The van der Waals surface area contributed by atoms with E-state index in [4.69, 9.17) is 5.73 Å². The summed E-state index contributed by atoms with van der Waals surface area (Å²) in [6.07, 6.45) is 11.0. The van der Waals surface area contributed by atoms with Crippen molar-refractivity contribution in [3.8, 4) is 0 Å². The van der Waals surface area contributed by atoms with Gasteiger partial charge in [-0.2, -0.15) is 0 Å². The van der Waals surface area contributed by atoms with Gasteiger partial charge in [0.05, 0.1) is 5.41 Å². The van der Waals surface area contributed by atoms with Crippen molar-refractivity contribution in [1.82, 2.24) is 15.5 Å². The van der Waals surface area contributed by atoms with Crippen molar-refractivity contribution in [2.75, 3.05) is 32.7 Å². The molecule has 0 bridgehead atoms. The molecule has 0 amide bonds. The number of likely N-dealkylation sites (tertiary alicyclic amines) is 1. The maximum absolute atomic E-state index is 12.3. The number of piperidine rings is 1. The van der Waals surface area contributed by atoms with Crippen LogP contribution in [-0.4, -0.2) is 54.2 Å². The first-order valence-electron chi connectivity index (χ1n) is 15.8. The van der Waals surface area contributed by atoms with E-state index in [2.05, 4.69) is 84.0 Å². The molecule has 2 aromatic carbocycles. The Hall–Kier alpha value is -2.67. The van der Waals surface area contributed by atoms with Crippen molar-refractivity contribution in [2.45, 2.75) is 83.2 Å². The Balaban J connectivity index is 1.34. The molecule has 6 nitrogen and oxygen atoms in total. The number of carboxylic acid groups (broad SMARTS) is 1. The van der Waals surface area contributed by atoms with Crippen LogP contribution in [0.4, 0.5) is 0 Å². The molecule has 2 fully saturated rings. The van der Waals surface area contributed by atoms with Gasteiger partial charge in [-0.3, -0.25) is 4.79 Å². The number of hydrogen-bond acceptors (Lipinski definition) is 5. The van der Waals surface area contributed by atoms with Gasteiger partial charge >= 0.3 is 5.97 Å². The largest absolute Gasteiger partial charge is 0.481 e. The highest BCUT2D eigenvalue weighted by Gasteiger charge is 2.39. The van der Waals surface area contributed by atoms with E-state index in [1.54, 1.807) is 0 Å². The Kier molecular flexibility index (Phi) is 11.4. The lowest BCUT2D eigenvalue weighted by Crippen LogP contribution is -2.44. The van der Waals surface area contributed by atoms with Gasteiger partial charge in [-0.05, 0) is 89.2 Å². The molecule has 4 rings (SSSR count). The Bertz CT molecular complexity index is 1090. The molecule has 0 radical (unpaired) electrons. The van der Waals surface area contributed by atoms with E-state index in [1.807, 2.05) is 12.1 Å². The van der Waals surface area contributed by atoms with E-state index in [1.165, 1.54) is 16.8 Å². The summed E-state index contributed by atoms with van der Waals surface area (Å²) < 4.78 is 0. The van der Waals surface area contributed by atoms with Crippen molar-refractivity contribution in [3.05, 3.63) is 83.6 Å². The first-order valence-corrected chi connectivity index (χ1v) is 15.8. The second-order valence-electron chi connectivity index (χ2n) is 12.7. The van der Waals surface area contributed by atoms with E-state index in [0.717, 1.165) is 84.0 Å². The zero-order chi connectivity index (χ0) is 29.1. The first-order chi connectivity index (χ1) is 19.8. The number of allylic oxidation sites excluding steroid dienone is 1. The van der Waals surface area contributed by atoms with E-state index in [0.29, 0.717) is 12.5 Å². The van der Waals surface area contributed by atoms with Crippen LogP contribution in [0.2, 0.25) is 0 Å². The number of nitrogens with one attached hydrogen (secondary N) is 2. The zero-order valence-corrected chi connectivity index (χ0v) is 25.3. The molecule has 1 saturated carbocycles. The molecule has 1 aliphatic carbocycles. The molecule has 1 heterocycles.